The zero-order valence-corrected chi connectivity index (χ0v) is 11.3. The monoisotopic (exact) mass is 249 g/mol. The zero-order valence-electron chi connectivity index (χ0n) is 11.3. The Kier molecular flexibility index (Phi) is 4.61. The Balaban J connectivity index is 1.71. The summed E-state index contributed by atoms with van der Waals surface area (Å²) in [6.07, 6.45) is 0.893. The maximum absolute atomic E-state index is 9.81. The molecule has 1 fully saturated rings. The average molecular weight is 249 g/mol. The molecule has 3 nitrogen and oxygen atoms in total. The van der Waals surface area contributed by atoms with E-state index < -0.39 is 0 Å². The predicted octanol–water partition coefficient (Wildman–Crippen LogP) is 2.08. The van der Waals surface area contributed by atoms with Crippen molar-refractivity contribution in [2.24, 2.45) is 5.92 Å². The fraction of sp³-hybridized carbons (Fsp3) is 0.600. The molecule has 1 aliphatic rings. The minimum Gasteiger partial charge on any atom is -0.492 e. The molecule has 0 saturated carbocycles. The van der Waals surface area contributed by atoms with Gasteiger partial charge in [-0.05, 0) is 37.9 Å². The van der Waals surface area contributed by atoms with Crippen LogP contribution in [0.25, 0.3) is 0 Å². The van der Waals surface area contributed by atoms with Gasteiger partial charge in [0.05, 0.1) is 6.10 Å². The summed E-state index contributed by atoms with van der Waals surface area (Å²) >= 11 is 0. The van der Waals surface area contributed by atoms with Crippen molar-refractivity contribution in [2.75, 3.05) is 26.2 Å². The molecule has 1 saturated heterocycles. The van der Waals surface area contributed by atoms with Crippen LogP contribution in [0.2, 0.25) is 0 Å². The van der Waals surface area contributed by atoms with E-state index in [1.165, 1.54) is 5.56 Å². The van der Waals surface area contributed by atoms with Crippen molar-refractivity contribution in [2.45, 2.75) is 26.4 Å². The molecule has 1 heterocycles. The van der Waals surface area contributed by atoms with E-state index >= 15 is 0 Å². The summed E-state index contributed by atoms with van der Waals surface area (Å²) in [5.74, 6) is 1.35. The van der Waals surface area contributed by atoms with Crippen LogP contribution in [0.5, 0.6) is 5.75 Å². The summed E-state index contributed by atoms with van der Waals surface area (Å²) in [7, 11) is 0. The fourth-order valence-corrected chi connectivity index (χ4v) is 2.24. The van der Waals surface area contributed by atoms with Crippen molar-refractivity contribution in [3.63, 3.8) is 0 Å². The van der Waals surface area contributed by atoms with Crippen LogP contribution >= 0.6 is 0 Å². The normalized spacial score (nSPS) is 25.1. The van der Waals surface area contributed by atoms with Crippen molar-refractivity contribution in [3.8, 4) is 5.75 Å². The molecule has 1 aliphatic heterocycles. The third kappa shape index (κ3) is 3.72. The summed E-state index contributed by atoms with van der Waals surface area (Å²) < 4.78 is 5.70. The first-order chi connectivity index (χ1) is 8.65. The Labute approximate surface area is 109 Å². The first-order valence-corrected chi connectivity index (χ1v) is 6.75. The Morgan fingerprint density at radius 3 is 2.72 bits per heavy atom. The Hall–Kier alpha value is -1.06. The summed E-state index contributed by atoms with van der Waals surface area (Å²) in [5.41, 5.74) is 1.25. The first kappa shape index (κ1) is 13.4. The molecular weight excluding hydrogens is 226 g/mol. The third-order valence-corrected chi connectivity index (χ3v) is 3.70. The SMILES string of the molecule is Cc1ccc(OCCN2CCC(C)C(O)C2)cc1. The number of benzene rings is 1. The van der Waals surface area contributed by atoms with Gasteiger partial charge in [-0.2, -0.15) is 0 Å². The van der Waals surface area contributed by atoms with Crippen LogP contribution in [0.4, 0.5) is 0 Å². The Bertz CT molecular complexity index is 363. The molecule has 0 radical (unpaired) electrons. The van der Waals surface area contributed by atoms with Crippen LogP contribution in [0.1, 0.15) is 18.9 Å². The maximum Gasteiger partial charge on any atom is 0.119 e. The molecule has 1 aromatic carbocycles. The highest BCUT2D eigenvalue weighted by atomic mass is 16.5. The topological polar surface area (TPSA) is 32.7 Å². The van der Waals surface area contributed by atoms with Gasteiger partial charge in [0.2, 0.25) is 0 Å². The number of hydrogen-bond acceptors (Lipinski definition) is 3. The molecule has 1 N–H and O–H groups in total. The number of rotatable bonds is 4. The molecule has 100 valence electrons. The lowest BCUT2D eigenvalue weighted by atomic mass is 9.96. The molecule has 1 aromatic rings. The number of hydrogen-bond donors (Lipinski definition) is 1. The van der Waals surface area contributed by atoms with Crippen molar-refractivity contribution in [1.82, 2.24) is 4.90 Å². The van der Waals surface area contributed by atoms with E-state index in [1.807, 2.05) is 12.1 Å². The number of ether oxygens (including phenoxy) is 1. The van der Waals surface area contributed by atoms with Gasteiger partial charge in [-0.15, -0.1) is 0 Å². The van der Waals surface area contributed by atoms with Crippen molar-refractivity contribution in [1.29, 1.82) is 0 Å². The van der Waals surface area contributed by atoms with Gasteiger partial charge in [-0.25, -0.2) is 0 Å². The second-order valence-corrected chi connectivity index (χ2v) is 5.30. The van der Waals surface area contributed by atoms with E-state index in [1.54, 1.807) is 0 Å². The summed E-state index contributed by atoms with van der Waals surface area (Å²) in [5, 5.41) is 9.81. The predicted molar refractivity (Wildman–Crippen MR) is 72.9 cm³/mol. The van der Waals surface area contributed by atoms with Crippen molar-refractivity contribution >= 4 is 0 Å². The van der Waals surface area contributed by atoms with Gasteiger partial charge in [-0.3, -0.25) is 4.90 Å². The molecule has 0 amide bonds. The molecule has 18 heavy (non-hydrogen) atoms. The molecule has 0 aromatic heterocycles. The number of aliphatic hydroxyl groups excluding tert-OH is 1. The van der Waals surface area contributed by atoms with Gasteiger partial charge in [0.15, 0.2) is 0 Å². The van der Waals surface area contributed by atoms with Crippen LogP contribution in [-0.2, 0) is 0 Å². The Morgan fingerprint density at radius 2 is 2.06 bits per heavy atom. The summed E-state index contributed by atoms with van der Waals surface area (Å²) in [4.78, 5) is 2.28. The maximum atomic E-state index is 9.81. The van der Waals surface area contributed by atoms with Gasteiger partial charge >= 0.3 is 0 Å². The van der Waals surface area contributed by atoms with E-state index in [4.69, 9.17) is 4.74 Å². The molecular formula is C15H23NO2. The van der Waals surface area contributed by atoms with E-state index in [0.717, 1.165) is 31.8 Å². The molecule has 2 unspecified atom stereocenters. The molecule has 3 heteroatoms. The van der Waals surface area contributed by atoms with Gasteiger partial charge in [-0.1, -0.05) is 24.6 Å². The average Bonchev–Trinajstić information content (AvgIpc) is 2.36. The summed E-state index contributed by atoms with van der Waals surface area (Å²) in [6, 6.07) is 8.12. The van der Waals surface area contributed by atoms with E-state index in [-0.39, 0.29) is 6.10 Å². The van der Waals surface area contributed by atoms with Gasteiger partial charge in [0.25, 0.3) is 0 Å². The van der Waals surface area contributed by atoms with Gasteiger partial charge in [0, 0.05) is 13.1 Å². The second-order valence-electron chi connectivity index (χ2n) is 5.30. The van der Waals surface area contributed by atoms with Crippen LogP contribution < -0.4 is 4.74 Å². The lowest BCUT2D eigenvalue weighted by Gasteiger charge is -2.34. The zero-order chi connectivity index (χ0) is 13.0. The van der Waals surface area contributed by atoms with E-state index in [0.29, 0.717) is 12.5 Å². The lowest BCUT2D eigenvalue weighted by Crippen LogP contribution is -2.44. The second kappa shape index (κ2) is 6.21. The highest BCUT2D eigenvalue weighted by Crippen LogP contribution is 2.17. The largest absolute Gasteiger partial charge is 0.492 e. The van der Waals surface area contributed by atoms with Gasteiger partial charge < -0.3 is 9.84 Å². The molecule has 2 atom stereocenters. The summed E-state index contributed by atoms with van der Waals surface area (Å²) in [6.45, 7) is 7.60. The number of aryl methyl sites for hydroxylation is 1. The highest BCUT2D eigenvalue weighted by molar-refractivity contribution is 5.26. The molecule has 0 aliphatic carbocycles. The van der Waals surface area contributed by atoms with Gasteiger partial charge in [0.1, 0.15) is 12.4 Å². The Morgan fingerprint density at radius 1 is 1.33 bits per heavy atom. The minimum atomic E-state index is -0.182. The highest BCUT2D eigenvalue weighted by Gasteiger charge is 2.23. The van der Waals surface area contributed by atoms with Crippen molar-refractivity contribution in [3.05, 3.63) is 29.8 Å². The quantitative estimate of drug-likeness (QED) is 0.886. The minimum absolute atomic E-state index is 0.182. The number of likely N-dealkylation sites (tertiary alicyclic amines) is 1. The lowest BCUT2D eigenvalue weighted by molar-refractivity contribution is 0.0244. The number of nitrogens with zero attached hydrogens (tertiary/aromatic N) is 1. The van der Waals surface area contributed by atoms with E-state index in [2.05, 4.69) is 30.9 Å². The van der Waals surface area contributed by atoms with Crippen LogP contribution in [-0.4, -0.2) is 42.4 Å². The van der Waals surface area contributed by atoms with Crippen LogP contribution in [0, 0.1) is 12.8 Å². The number of β-amino-alcohol motifs (C(OH)–C–C–N with tert-alkyl or cyclic N) is 1. The molecule has 0 spiro atoms. The standard InChI is InChI=1S/C15H23NO2/c1-12-3-5-14(6-4-12)18-10-9-16-8-7-13(2)15(17)11-16/h3-6,13,15,17H,7-11H2,1-2H3. The van der Waals surface area contributed by atoms with Crippen LogP contribution in [0.15, 0.2) is 24.3 Å². The van der Waals surface area contributed by atoms with E-state index in [9.17, 15) is 5.11 Å². The number of piperidine rings is 1. The third-order valence-electron chi connectivity index (χ3n) is 3.70. The first-order valence-electron chi connectivity index (χ1n) is 6.75. The molecule has 2 rings (SSSR count). The smallest absolute Gasteiger partial charge is 0.119 e. The number of aliphatic hydroxyl groups is 1. The molecule has 0 bridgehead atoms. The van der Waals surface area contributed by atoms with Crippen molar-refractivity contribution < 1.29 is 9.84 Å². The fourth-order valence-electron chi connectivity index (χ4n) is 2.24. The van der Waals surface area contributed by atoms with Crippen LogP contribution in [0.3, 0.4) is 0 Å².